The second-order valence-corrected chi connectivity index (χ2v) is 4.65. The van der Waals surface area contributed by atoms with E-state index in [2.05, 4.69) is 16.0 Å². The van der Waals surface area contributed by atoms with Crippen LogP contribution in [-0.2, 0) is 14.4 Å². The molecule has 2 rings (SSSR count). The van der Waals surface area contributed by atoms with Crippen LogP contribution in [0.1, 0.15) is 19.8 Å². The van der Waals surface area contributed by atoms with E-state index in [-0.39, 0.29) is 30.1 Å². The fraction of sp³-hybridized carbons (Fsp3) is 0.308. The zero-order chi connectivity index (χ0) is 15.6. The number of nitrogens with one attached hydrogen (secondary N) is 3. The molecule has 0 aromatic heterocycles. The van der Waals surface area contributed by atoms with Crippen molar-refractivity contribution in [3.63, 3.8) is 0 Å². The minimum atomic E-state index is -1.18. The predicted molar refractivity (Wildman–Crippen MR) is 70.5 cm³/mol. The van der Waals surface area contributed by atoms with Crippen LogP contribution in [0.25, 0.3) is 0 Å². The van der Waals surface area contributed by atoms with E-state index < -0.39 is 29.5 Å². The molecule has 8 heteroatoms. The third-order valence-electron chi connectivity index (χ3n) is 2.92. The molecule has 3 N–H and O–H groups in total. The first kappa shape index (κ1) is 14.9. The van der Waals surface area contributed by atoms with Gasteiger partial charge in [-0.2, -0.15) is 0 Å². The highest BCUT2D eigenvalue weighted by molar-refractivity contribution is 6.01. The van der Waals surface area contributed by atoms with E-state index >= 15 is 0 Å². The van der Waals surface area contributed by atoms with Gasteiger partial charge in [0.05, 0.1) is 5.69 Å². The minimum Gasteiger partial charge on any atom is -0.374 e. The number of imide groups is 1. The molecule has 0 saturated carbocycles. The zero-order valence-electron chi connectivity index (χ0n) is 11.1. The average Bonchev–Trinajstić information content (AvgIpc) is 2.38. The lowest BCUT2D eigenvalue weighted by Gasteiger charge is -2.23. The summed E-state index contributed by atoms with van der Waals surface area (Å²) < 4.78 is 27.0. The number of benzene rings is 1. The Balaban J connectivity index is 2.20. The van der Waals surface area contributed by atoms with Crippen molar-refractivity contribution in [2.24, 2.45) is 0 Å². The molecular formula is C13H13F2N3O3. The van der Waals surface area contributed by atoms with Gasteiger partial charge in [-0.05, 0) is 12.5 Å². The van der Waals surface area contributed by atoms with Crippen LogP contribution in [0.4, 0.5) is 20.2 Å². The maximum absolute atomic E-state index is 13.5. The van der Waals surface area contributed by atoms with E-state index in [0.717, 1.165) is 13.0 Å². The van der Waals surface area contributed by atoms with Gasteiger partial charge in [-0.3, -0.25) is 19.7 Å². The van der Waals surface area contributed by atoms with Gasteiger partial charge in [-0.1, -0.05) is 0 Å². The Bertz CT molecular complexity index is 619. The number of rotatable bonds is 3. The Morgan fingerprint density at radius 1 is 1.33 bits per heavy atom. The van der Waals surface area contributed by atoms with Gasteiger partial charge in [0.2, 0.25) is 17.7 Å². The lowest BCUT2D eigenvalue weighted by molar-refractivity contribution is -0.133. The first-order valence-corrected chi connectivity index (χ1v) is 6.23. The Kier molecular flexibility index (Phi) is 4.15. The van der Waals surface area contributed by atoms with Crippen molar-refractivity contribution in [1.29, 1.82) is 0 Å². The van der Waals surface area contributed by atoms with Crippen LogP contribution >= 0.6 is 0 Å². The molecule has 0 bridgehead atoms. The molecular weight excluding hydrogens is 284 g/mol. The molecule has 1 aliphatic heterocycles. The number of halogens is 2. The van der Waals surface area contributed by atoms with Crippen molar-refractivity contribution in [1.82, 2.24) is 5.32 Å². The SMILES string of the molecule is CC(=O)Nc1cc(NC2CCC(=O)NC2=O)cc(F)c1F. The highest BCUT2D eigenvalue weighted by Crippen LogP contribution is 2.24. The summed E-state index contributed by atoms with van der Waals surface area (Å²) >= 11 is 0. The summed E-state index contributed by atoms with van der Waals surface area (Å²) in [6.45, 7) is 1.16. The van der Waals surface area contributed by atoms with Crippen LogP contribution in [0.15, 0.2) is 12.1 Å². The van der Waals surface area contributed by atoms with Crippen LogP contribution in [0, 0.1) is 11.6 Å². The van der Waals surface area contributed by atoms with Crippen molar-refractivity contribution in [3.05, 3.63) is 23.8 Å². The summed E-state index contributed by atoms with van der Waals surface area (Å²) in [5, 5.41) is 7.02. The van der Waals surface area contributed by atoms with Crippen LogP contribution in [0.5, 0.6) is 0 Å². The molecule has 0 aliphatic carbocycles. The minimum absolute atomic E-state index is 0.132. The van der Waals surface area contributed by atoms with Crippen LogP contribution in [0.3, 0.4) is 0 Å². The van der Waals surface area contributed by atoms with Gasteiger partial charge in [-0.25, -0.2) is 8.78 Å². The highest BCUT2D eigenvalue weighted by atomic mass is 19.2. The van der Waals surface area contributed by atoms with E-state index in [1.807, 2.05) is 0 Å². The third kappa shape index (κ3) is 3.53. The summed E-state index contributed by atoms with van der Waals surface area (Å²) in [6, 6.07) is 1.34. The van der Waals surface area contributed by atoms with E-state index in [1.54, 1.807) is 0 Å². The number of hydrogen-bond acceptors (Lipinski definition) is 4. The van der Waals surface area contributed by atoms with E-state index in [1.165, 1.54) is 6.07 Å². The van der Waals surface area contributed by atoms with E-state index in [4.69, 9.17) is 0 Å². The monoisotopic (exact) mass is 297 g/mol. The van der Waals surface area contributed by atoms with Crippen molar-refractivity contribution >= 4 is 29.1 Å². The molecule has 0 radical (unpaired) electrons. The number of piperidine rings is 1. The molecule has 1 aromatic carbocycles. The fourth-order valence-corrected chi connectivity index (χ4v) is 1.99. The van der Waals surface area contributed by atoms with Crippen LogP contribution in [-0.4, -0.2) is 23.8 Å². The third-order valence-corrected chi connectivity index (χ3v) is 2.92. The van der Waals surface area contributed by atoms with Gasteiger partial charge in [0.15, 0.2) is 11.6 Å². The quantitative estimate of drug-likeness (QED) is 0.730. The molecule has 1 aliphatic rings. The molecule has 1 aromatic rings. The molecule has 1 heterocycles. The van der Waals surface area contributed by atoms with Gasteiger partial charge in [0, 0.05) is 25.1 Å². The smallest absolute Gasteiger partial charge is 0.249 e. The van der Waals surface area contributed by atoms with Gasteiger partial charge >= 0.3 is 0 Å². The normalized spacial score (nSPS) is 18.1. The number of carbonyl (C=O) groups excluding carboxylic acids is 3. The summed E-state index contributed by atoms with van der Waals surface area (Å²) in [4.78, 5) is 33.6. The molecule has 3 amide bonds. The van der Waals surface area contributed by atoms with Crippen LogP contribution in [0.2, 0.25) is 0 Å². The first-order valence-electron chi connectivity index (χ1n) is 6.23. The van der Waals surface area contributed by atoms with E-state index in [9.17, 15) is 23.2 Å². The molecule has 1 saturated heterocycles. The largest absolute Gasteiger partial charge is 0.374 e. The number of carbonyl (C=O) groups is 3. The second kappa shape index (κ2) is 5.86. The lowest BCUT2D eigenvalue weighted by Crippen LogP contribution is -2.47. The molecule has 1 unspecified atom stereocenters. The fourth-order valence-electron chi connectivity index (χ4n) is 1.99. The van der Waals surface area contributed by atoms with E-state index in [0.29, 0.717) is 0 Å². The molecule has 112 valence electrons. The topological polar surface area (TPSA) is 87.3 Å². The standard InChI is InChI=1S/C13H13F2N3O3/c1-6(19)16-10-5-7(4-8(14)12(10)15)17-9-2-3-11(20)18-13(9)21/h4-5,9,17H,2-3H2,1H3,(H,16,19)(H,18,20,21). The molecule has 0 spiro atoms. The molecule has 1 atom stereocenters. The Morgan fingerprint density at radius 2 is 2.05 bits per heavy atom. The summed E-state index contributed by atoms with van der Waals surface area (Å²) in [7, 11) is 0. The van der Waals surface area contributed by atoms with Gasteiger partial charge in [-0.15, -0.1) is 0 Å². The molecule has 6 nitrogen and oxygen atoms in total. The van der Waals surface area contributed by atoms with Crippen molar-refractivity contribution in [2.75, 3.05) is 10.6 Å². The number of amides is 3. The van der Waals surface area contributed by atoms with Gasteiger partial charge in [0.1, 0.15) is 6.04 Å². The number of anilines is 2. The maximum Gasteiger partial charge on any atom is 0.249 e. The summed E-state index contributed by atoms with van der Waals surface area (Å²) in [6.07, 6.45) is 0.408. The van der Waals surface area contributed by atoms with Gasteiger partial charge < -0.3 is 10.6 Å². The first-order chi connectivity index (χ1) is 9.86. The summed E-state index contributed by atoms with van der Waals surface area (Å²) in [5.41, 5.74) is -0.190. The Hall–Kier alpha value is -2.51. The highest BCUT2D eigenvalue weighted by Gasteiger charge is 2.26. The number of hydrogen-bond donors (Lipinski definition) is 3. The molecule has 1 fully saturated rings. The lowest BCUT2D eigenvalue weighted by atomic mass is 10.1. The predicted octanol–water partition coefficient (Wildman–Crippen LogP) is 1.14. The molecule has 21 heavy (non-hydrogen) atoms. The second-order valence-electron chi connectivity index (χ2n) is 4.65. The van der Waals surface area contributed by atoms with Crippen LogP contribution < -0.4 is 16.0 Å². The van der Waals surface area contributed by atoms with Crippen molar-refractivity contribution in [2.45, 2.75) is 25.8 Å². The average molecular weight is 297 g/mol. The Labute approximate surface area is 118 Å². The van der Waals surface area contributed by atoms with Crippen molar-refractivity contribution in [3.8, 4) is 0 Å². The van der Waals surface area contributed by atoms with Crippen molar-refractivity contribution < 1.29 is 23.2 Å². The van der Waals surface area contributed by atoms with Gasteiger partial charge in [0.25, 0.3) is 0 Å². The Morgan fingerprint density at radius 3 is 2.67 bits per heavy atom. The summed E-state index contributed by atoms with van der Waals surface area (Å²) in [5.74, 6) is -3.79. The maximum atomic E-state index is 13.5. The zero-order valence-corrected chi connectivity index (χ0v) is 11.1.